The molecule has 0 aromatic carbocycles. The molecule has 0 amide bonds. The number of fused-ring (bicyclic) bond motifs is 1. The maximum atomic E-state index is 14.9. The van der Waals surface area contributed by atoms with Crippen molar-refractivity contribution >= 4 is 23.5 Å². The number of halogens is 5. The molecule has 10 heteroatoms. The molecule has 2 saturated carbocycles. The predicted molar refractivity (Wildman–Crippen MR) is 104 cm³/mol. The van der Waals surface area contributed by atoms with Crippen LogP contribution in [0.3, 0.4) is 0 Å². The van der Waals surface area contributed by atoms with Crippen LogP contribution >= 0.6 is 11.6 Å². The number of carboxylic acids is 1. The number of carbonyl (C=O) groups excluding carboxylic acids is 1. The first-order chi connectivity index (χ1) is 14.6. The van der Waals surface area contributed by atoms with E-state index in [1.807, 2.05) is 0 Å². The summed E-state index contributed by atoms with van der Waals surface area (Å²) in [6.07, 6.45) is -3.22. The topological polar surface area (TPSA) is 72.2 Å². The molecule has 6 atom stereocenters. The van der Waals surface area contributed by atoms with Crippen LogP contribution in [0.4, 0.5) is 17.6 Å². The fraction of sp³-hybridized carbons (Fsp3) is 0.762. The number of rotatable bonds is 3. The van der Waals surface area contributed by atoms with E-state index >= 15 is 0 Å². The highest BCUT2D eigenvalue weighted by atomic mass is 35.5. The van der Waals surface area contributed by atoms with E-state index in [1.54, 1.807) is 0 Å². The predicted octanol–water partition coefficient (Wildman–Crippen LogP) is 4.90. The number of carboxylic acid groups (broad SMARTS) is 1. The van der Waals surface area contributed by atoms with Crippen LogP contribution in [0.15, 0.2) is 0 Å². The molecule has 1 aromatic rings. The van der Waals surface area contributed by atoms with Crippen molar-refractivity contribution in [2.45, 2.75) is 81.4 Å². The number of alkyl halides is 5. The van der Waals surface area contributed by atoms with Crippen LogP contribution < -0.4 is 0 Å². The molecule has 1 aromatic heterocycles. The monoisotopic (exact) mass is 464 g/mol. The molecule has 5 nitrogen and oxygen atoms in total. The molecule has 0 bridgehead atoms. The van der Waals surface area contributed by atoms with Gasteiger partial charge in [-0.05, 0) is 56.9 Å². The van der Waals surface area contributed by atoms with Gasteiger partial charge in [-0.15, -0.1) is 11.6 Å². The lowest BCUT2D eigenvalue weighted by atomic mass is 9.77. The second kappa shape index (κ2) is 8.37. The summed E-state index contributed by atoms with van der Waals surface area (Å²) in [7, 11) is 0. The molecule has 6 unspecified atom stereocenters. The summed E-state index contributed by atoms with van der Waals surface area (Å²) in [6.45, 7) is 0. The van der Waals surface area contributed by atoms with E-state index in [9.17, 15) is 27.2 Å². The van der Waals surface area contributed by atoms with Gasteiger partial charge in [0.15, 0.2) is 0 Å². The third-order valence-corrected chi connectivity index (χ3v) is 7.66. The average molecular weight is 465 g/mol. The molecular formula is C21H25ClF4N2O3. The van der Waals surface area contributed by atoms with Crippen molar-refractivity contribution in [1.82, 2.24) is 9.78 Å². The second-order valence-corrected chi connectivity index (χ2v) is 9.57. The second-order valence-electron chi connectivity index (χ2n) is 9.01. The van der Waals surface area contributed by atoms with E-state index in [0.29, 0.717) is 49.9 Å². The zero-order valence-electron chi connectivity index (χ0n) is 16.9. The molecule has 31 heavy (non-hydrogen) atoms. The first kappa shape index (κ1) is 22.6. The summed E-state index contributed by atoms with van der Waals surface area (Å²) < 4.78 is 56.8. The highest BCUT2D eigenvalue weighted by Gasteiger charge is 2.52. The van der Waals surface area contributed by atoms with Gasteiger partial charge in [-0.2, -0.15) is 18.3 Å². The third-order valence-electron chi connectivity index (χ3n) is 7.17. The minimum absolute atomic E-state index is 0.127. The van der Waals surface area contributed by atoms with Crippen LogP contribution in [-0.4, -0.2) is 44.5 Å². The molecule has 4 rings (SSSR count). The first-order valence-corrected chi connectivity index (χ1v) is 11.3. The molecule has 1 heterocycles. The highest BCUT2D eigenvalue weighted by Crippen LogP contribution is 2.45. The molecule has 2 fully saturated rings. The SMILES string of the molecule is O=C(O)C1CCC(c2nn(C(=O)C3C(Cl)CCCC3C(F)(F)F)c3c2CCC3)C(F)C1. The largest absolute Gasteiger partial charge is 0.481 e. The minimum Gasteiger partial charge on any atom is -0.481 e. The van der Waals surface area contributed by atoms with E-state index in [-0.39, 0.29) is 19.3 Å². The number of hydrogen-bond acceptors (Lipinski definition) is 3. The zero-order chi connectivity index (χ0) is 22.5. The Kier molecular flexibility index (Phi) is 6.09. The summed E-state index contributed by atoms with van der Waals surface area (Å²) >= 11 is 6.23. The number of aromatic nitrogens is 2. The van der Waals surface area contributed by atoms with Gasteiger partial charge in [0.25, 0.3) is 5.91 Å². The van der Waals surface area contributed by atoms with Crippen molar-refractivity contribution in [3.63, 3.8) is 0 Å². The lowest BCUT2D eigenvalue weighted by molar-refractivity contribution is -0.191. The van der Waals surface area contributed by atoms with Gasteiger partial charge < -0.3 is 5.11 Å². The van der Waals surface area contributed by atoms with E-state index in [4.69, 9.17) is 16.7 Å². The van der Waals surface area contributed by atoms with Crippen molar-refractivity contribution in [2.24, 2.45) is 17.8 Å². The summed E-state index contributed by atoms with van der Waals surface area (Å²) in [4.78, 5) is 24.5. The molecule has 0 spiro atoms. The smallest absolute Gasteiger partial charge is 0.392 e. The van der Waals surface area contributed by atoms with Gasteiger partial charge in [0.05, 0.1) is 29.1 Å². The Bertz CT molecular complexity index is 872. The van der Waals surface area contributed by atoms with Crippen molar-refractivity contribution < 1.29 is 32.3 Å². The highest BCUT2D eigenvalue weighted by molar-refractivity contribution is 6.22. The Morgan fingerprint density at radius 3 is 2.48 bits per heavy atom. The van der Waals surface area contributed by atoms with E-state index < -0.39 is 53.3 Å². The third kappa shape index (κ3) is 4.10. The van der Waals surface area contributed by atoms with E-state index in [0.717, 1.165) is 10.2 Å². The van der Waals surface area contributed by atoms with Gasteiger partial charge in [-0.25, -0.2) is 9.07 Å². The van der Waals surface area contributed by atoms with Gasteiger partial charge in [0.1, 0.15) is 6.17 Å². The Morgan fingerprint density at radius 1 is 1.10 bits per heavy atom. The van der Waals surface area contributed by atoms with Crippen molar-refractivity contribution in [3.8, 4) is 0 Å². The maximum absolute atomic E-state index is 14.9. The normalized spacial score (nSPS) is 33.8. The molecule has 3 aliphatic rings. The van der Waals surface area contributed by atoms with Gasteiger partial charge in [0, 0.05) is 11.3 Å². The maximum Gasteiger partial charge on any atom is 0.392 e. The lowest BCUT2D eigenvalue weighted by Crippen LogP contribution is -2.45. The summed E-state index contributed by atoms with van der Waals surface area (Å²) in [6, 6.07) is 0. The van der Waals surface area contributed by atoms with Crippen LogP contribution in [0.1, 0.15) is 72.6 Å². The Hall–Kier alpha value is -1.64. The Labute approximate surface area is 182 Å². The van der Waals surface area contributed by atoms with Gasteiger partial charge in [-0.3, -0.25) is 9.59 Å². The zero-order valence-corrected chi connectivity index (χ0v) is 17.6. The molecule has 1 N–H and O–H groups in total. The van der Waals surface area contributed by atoms with Gasteiger partial charge in [0.2, 0.25) is 0 Å². The van der Waals surface area contributed by atoms with Gasteiger partial charge in [-0.1, -0.05) is 6.42 Å². The number of aliphatic carboxylic acids is 1. The van der Waals surface area contributed by atoms with E-state index in [2.05, 4.69) is 5.10 Å². The fourth-order valence-corrected chi connectivity index (χ4v) is 6.01. The summed E-state index contributed by atoms with van der Waals surface area (Å²) in [5.41, 5.74) is 1.70. The van der Waals surface area contributed by atoms with Crippen LogP contribution in [-0.2, 0) is 17.6 Å². The van der Waals surface area contributed by atoms with Crippen LogP contribution in [0, 0.1) is 17.8 Å². The van der Waals surface area contributed by atoms with Gasteiger partial charge >= 0.3 is 12.1 Å². The first-order valence-electron chi connectivity index (χ1n) is 10.8. The average Bonchev–Trinajstić information content (AvgIpc) is 3.29. The van der Waals surface area contributed by atoms with Crippen LogP contribution in [0.2, 0.25) is 0 Å². The van der Waals surface area contributed by atoms with Crippen LogP contribution in [0.5, 0.6) is 0 Å². The Balaban J connectivity index is 1.66. The lowest BCUT2D eigenvalue weighted by Gasteiger charge is -2.35. The summed E-state index contributed by atoms with van der Waals surface area (Å²) in [5, 5.41) is 12.6. The molecule has 0 radical (unpaired) electrons. The Morgan fingerprint density at radius 2 is 1.84 bits per heavy atom. The van der Waals surface area contributed by atoms with E-state index in [1.165, 1.54) is 0 Å². The number of nitrogens with zero attached hydrogens (tertiary/aromatic N) is 2. The molecule has 0 aliphatic heterocycles. The molecule has 0 saturated heterocycles. The fourth-order valence-electron chi connectivity index (χ4n) is 5.57. The van der Waals surface area contributed by atoms with Crippen LogP contribution in [0.25, 0.3) is 0 Å². The summed E-state index contributed by atoms with van der Waals surface area (Å²) in [5.74, 6) is -6.43. The molecule has 3 aliphatic carbocycles. The number of carbonyl (C=O) groups is 2. The molecule has 172 valence electrons. The minimum atomic E-state index is -4.54. The standard InChI is InChI=1S/C21H25ClF4N2O3/c22-14-5-2-4-13(21(24,25)26)17(14)19(29)28-16-6-1-3-12(16)18(27-28)11-8-7-10(20(30)31)9-15(11)23/h10-11,13-15,17H,1-9H2,(H,30,31). The molecular weight excluding hydrogens is 440 g/mol. The quantitative estimate of drug-likeness (QED) is 0.510. The van der Waals surface area contributed by atoms with Crippen molar-refractivity contribution in [1.29, 1.82) is 0 Å². The number of hydrogen-bond donors (Lipinski definition) is 1. The van der Waals surface area contributed by atoms with Crippen molar-refractivity contribution in [2.75, 3.05) is 0 Å². The van der Waals surface area contributed by atoms with Crippen molar-refractivity contribution in [3.05, 3.63) is 17.0 Å².